The second-order valence-electron chi connectivity index (χ2n) is 4.60. The van der Waals surface area contributed by atoms with E-state index in [9.17, 15) is 0 Å². The molecule has 1 aliphatic carbocycles. The number of thiol groups is 1. The van der Waals surface area contributed by atoms with Crippen molar-refractivity contribution in [2.75, 3.05) is 0 Å². The maximum atomic E-state index is 4.85. The monoisotopic (exact) mass is 200 g/mol. The van der Waals surface area contributed by atoms with Crippen molar-refractivity contribution in [3.8, 4) is 0 Å². The molecule has 0 aliphatic heterocycles. The van der Waals surface area contributed by atoms with Gasteiger partial charge < -0.3 is 0 Å². The lowest BCUT2D eigenvalue weighted by atomic mass is 9.84. The summed E-state index contributed by atoms with van der Waals surface area (Å²) in [5.74, 6) is 0. The molecule has 0 amide bonds. The third kappa shape index (κ3) is 4.39. The highest BCUT2D eigenvalue weighted by Crippen LogP contribution is 2.37. The lowest BCUT2D eigenvalue weighted by molar-refractivity contribution is 0.369. The van der Waals surface area contributed by atoms with Crippen LogP contribution in [0, 0.1) is 0 Å². The molecule has 0 aromatic rings. The van der Waals surface area contributed by atoms with Crippen LogP contribution in [0.5, 0.6) is 0 Å². The molecule has 0 spiro atoms. The van der Waals surface area contributed by atoms with Crippen molar-refractivity contribution >= 4 is 12.6 Å². The summed E-state index contributed by atoms with van der Waals surface area (Å²) in [4.78, 5) is 0. The summed E-state index contributed by atoms with van der Waals surface area (Å²) in [5.41, 5.74) is 0. The van der Waals surface area contributed by atoms with Gasteiger partial charge in [0.25, 0.3) is 0 Å². The van der Waals surface area contributed by atoms with Gasteiger partial charge in [0.05, 0.1) is 0 Å². The lowest BCUT2D eigenvalue weighted by Crippen LogP contribution is -2.24. The Hall–Kier alpha value is 0.350. The number of hydrogen-bond acceptors (Lipinski definition) is 1. The van der Waals surface area contributed by atoms with Gasteiger partial charge in [0.2, 0.25) is 0 Å². The topological polar surface area (TPSA) is 0 Å². The first-order valence-corrected chi connectivity index (χ1v) is 6.44. The summed E-state index contributed by atoms with van der Waals surface area (Å²) in [7, 11) is 0. The fraction of sp³-hybridized carbons (Fsp3) is 1.00. The van der Waals surface area contributed by atoms with Crippen LogP contribution in [0.2, 0.25) is 0 Å². The Labute approximate surface area is 88.9 Å². The van der Waals surface area contributed by atoms with Crippen LogP contribution in [0.1, 0.15) is 71.1 Å². The van der Waals surface area contributed by atoms with E-state index < -0.39 is 0 Å². The van der Waals surface area contributed by atoms with Crippen molar-refractivity contribution in [1.82, 2.24) is 0 Å². The van der Waals surface area contributed by atoms with Gasteiger partial charge in [-0.1, -0.05) is 51.9 Å². The zero-order valence-electron chi connectivity index (χ0n) is 9.02. The molecule has 0 aromatic heterocycles. The minimum atomic E-state index is 0.423. The second kappa shape index (κ2) is 5.95. The largest absolute Gasteiger partial charge is 0.173 e. The molecule has 1 rings (SSSR count). The van der Waals surface area contributed by atoms with Crippen LogP contribution in [-0.4, -0.2) is 4.75 Å². The van der Waals surface area contributed by atoms with Gasteiger partial charge in [-0.15, -0.1) is 0 Å². The van der Waals surface area contributed by atoms with Gasteiger partial charge >= 0.3 is 0 Å². The van der Waals surface area contributed by atoms with E-state index in [2.05, 4.69) is 6.92 Å². The number of rotatable bonds is 5. The average molecular weight is 200 g/mol. The summed E-state index contributed by atoms with van der Waals surface area (Å²) in [6.07, 6.45) is 13.9. The van der Waals surface area contributed by atoms with Crippen LogP contribution in [0.4, 0.5) is 0 Å². The van der Waals surface area contributed by atoms with Crippen molar-refractivity contribution in [1.29, 1.82) is 0 Å². The minimum Gasteiger partial charge on any atom is -0.173 e. The Bertz CT molecular complexity index is 125. The highest BCUT2D eigenvalue weighted by atomic mass is 32.1. The molecule has 0 heterocycles. The van der Waals surface area contributed by atoms with Gasteiger partial charge in [-0.2, -0.15) is 12.6 Å². The van der Waals surface area contributed by atoms with E-state index in [4.69, 9.17) is 12.6 Å². The van der Waals surface area contributed by atoms with Gasteiger partial charge in [-0.3, -0.25) is 0 Å². The Morgan fingerprint density at radius 1 is 1.00 bits per heavy atom. The number of hydrogen-bond donors (Lipinski definition) is 1. The van der Waals surface area contributed by atoms with E-state index in [0.29, 0.717) is 4.75 Å². The fourth-order valence-corrected chi connectivity index (χ4v) is 2.82. The summed E-state index contributed by atoms with van der Waals surface area (Å²) in [6.45, 7) is 2.27. The molecule has 0 nitrogen and oxygen atoms in total. The van der Waals surface area contributed by atoms with Crippen molar-refractivity contribution < 1.29 is 0 Å². The second-order valence-corrected chi connectivity index (χ2v) is 5.54. The standard InChI is InChI=1S/C12H24S/c1-2-3-4-6-9-12(13)10-7-5-8-11-12/h13H,2-11H2,1H3. The molecule has 0 bridgehead atoms. The van der Waals surface area contributed by atoms with Crippen LogP contribution in [0.3, 0.4) is 0 Å². The minimum absolute atomic E-state index is 0.423. The highest BCUT2D eigenvalue weighted by molar-refractivity contribution is 7.81. The predicted octanol–water partition coefficient (Wildman–Crippen LogP) is 4.59. The van der Waals surface area contributed by atoms with Crippen LogP contribution in [-0.2, 0) is 0 Å². The van der Waals surface area contributed by atoms with Crippen LogP contribution in [0.25, 0.3) is 0 Å². The summed E-state index contributed by atoms with van der Waals surface area (Å²) >= 11 is 4.85. The molecule has 0 saturated heterocycles. The van der Waals surface area contributed by atoms with Crippen LogP contribution >= 0.6 is 12.6 Å². The van der Waals surface area contributed by atoms with Gasteiger partial charge in [-0.05, 0) is 19.3 Å². The Balaban J connectivity index is 2.10. The van der Waals surface area contributed by atoms with Gasteiger partial charge in [-0.25, -0.2) is 0 Å². The first kappa shape index (κ1) is 11.4. The van der Waals surface area contributed by atoms with Crippen LogP contribution in [0.15, 0.2) is 0 Å². The van der Waals surface area contributed by atoms with E-state index in [0.717, 1.165) is 0 Å². The normalized spacial score (nSPS) is 21.7. The summed E-state index contributed by atoms with van der Waals surface area (Å²) < 4.78 is 0.423. The van der Waals surface area contributed by atoms with E-state index in [1.807, 2.05) is 0 Å². The molecule has 1 saturated carbocycles. The van der Waals surface area contributed by atoms with Crippen molar-refractivity contribution in [3.05, 3.63) is 0 Å². The van der Waals surface area contributed by atoms with E-state index in [1.165, 1.54) is 64.2 Å². The molecular weight excluding hydrogens is 176 g/mol. The molecule has 0 N–H and O–H groups in total. The SMILES string of the molecule is CCCCCCC1(S)CCCCC1. The third-order valence-corrected chi connectivity index (χ3v) is 3.95. The maximum Gasteiger partial charge on any atom is 0.0130 e. The first-order chi connectivity index (χ1) is 6.27. The van der Waals surface area contributed by atoms with Gasteiger partial charge in [0, 0.05) is 4.75 Å². The quantitative estimate of drug-likeness (QED) is 0.487. The van der Waals surface area contributed by atoms with Gasteiger partial charge in [0.15, 0.2) is 0 Å². The smallest absolute Gasteiger partial charge is 0.0130 e. The Kier molecular flexibility index (Phi) is 5.23. The fourth-order valence-electron chi connectivity index (χ4n) is 2.34. The van der Waals surface area contributed by atoms with Crippen LogP contribution < -0.4 is 0 Å². The molecule has 1 fully saturated rings. The average Bonchev–Trinajstić information content (AvgIpc) is 2.14. The van der Waals surface area contributed by atoms with E-state index in [-0.39, 0.29) is 0 Å². The predicted molar refractivity (Wildman–Crippen MR) is 63.6 cm³/mol. The Morgan fingerprint density at radius 3 is 2.31 bits per heavy atom. The van der Waals surface area contributed by atoms with Crippen molar-refractivity contribution in [2.24, 2.45) is 0 Å². The zero-order valence-corrected chi connectivity index (χ0v) is 9.91. The molecule has 13 heavy (non-hydrogen) atoms. The van der Waals surface area contributed by atoms with Crippen molar-refractivity contribution in [2.45, 2.75) is 75.9 Å². The molecule has 78 valence electrons. The highest BCUT2D eigenvalue weighted by Gasteiger charge is 2.26. The maximum absolute atomic E-state index is 4.85. The molecular formula is C12H24S. The molecule has 0 aromatic carbocycles. The number of unbranched alkanes of at least 4 members (excludes halogenated alkanes) is 3. The molecule has 0 radical (unpaired) electrons. The first-order valence-electron chi connectivity index (χ1n) is 5.99. The molecule has 0 atom stereocenters. The van der Waals surface area contributed by atoms with E-state index in [1.54, 1.807) is 0 Å². The third-order valence-electron chi connectivity index (χ3n) is 3.28. The van der Waals surface area contributed by atoms with E-state index >= 15 is 0 Å². The summed E-state index contributed by atoms with van der Waals surface area (Å²) in [5, 5.41) is 0. The Morgan fingerprint density at radius 2 is 1.69 bits per heavy atom. The molecule has 1 heteroatoms. The molecule has 0 unspecified atom stereocenters. The van der Waals surface area contributed by atoms with Crippen molar-refractivity contribution in [3.63, 3.8) is 0 Å². The summed E-state index contributed by atoms with van der Waals surface area (Å²) in [6, 6.07) is 0. The van der Waals surface area contributed by atoms with Gasteiger partial charge in [0.1, 0.15) is 0 Å². The lowest BCUT2D eigenvalue weighted by Gasteiger charge is -2.32. The zero-order chi connectivity index (χ0) is 9.57. The molecule has 1 aliphatic rings.